The molecule has 0 fully saturated rings. The Morgan fingerprint density at radius 3 is 2.58 bits per heavy atom. The van der Waals surface area contributed by atoms with Crippen molar-refractivity contribution < 1.29 is 27.1 Å². The Bertz CT molecular complexity index is 1160. The molecule has 0 bridgehead atoms. The third-order valence-corrected chi connectivity index (χ3v) is 5.74. The highest BCUT2D eigenvalue weighted by Crippen LogP contribution is 2.32. The van der Waals surface area contributed by atoms with Crippen LogP contribution in [0.2, 0.25) is 0 Å². The molecular formula is C24H24F3N3O3. The Morgan fingerprint density at radius 2 is 1.91 bits per heavy atom. The number of alkyl halides is 3. The number of aromatic nitrogens is 2. The molecule has 1 unspecified atom stereocenters. The second-order valence-electron chi connectivity index (χ2n) is 8.40. The molecule has 3 aromatic rings. The van der Waals surface area contributed by atoms with Crippen LogP contribution >= 0.6 is 0 Å². The van der Waals surface area contributed by atoms with Crippen LogP contribution < -0.4 is 4.74 Å². The maximum atomic E-state index is 13.0. The molecule has 0 aliphatic carbocycles. The van der Waals surface area contributed by atoms with E-state index in [1.807, 2.05) is 19.1 Å². The van der Waals surface area contributed by atoms with E-state index in [-0.39, 0.29) is 18.2 Å². The Balaban J connectivity index is 1.50. The van der Waals surface area contributed by atoms with Crippen LogP contribution in [0.15, 0.2) is 40.8 Å². The van der Waals surface area contributed by atoms with Crippen molar-refractivity contribution in [1.82, 2.24) is 15.1 Å². The number of fused-ring (bicyclic) bond motifs is 1. The second-order valence-corrected chi connectivity index (χ2v) is 8.40. The summed E-state index contributed by atoms with van der Waals surface area (Å²) in [4.78, 5) is 14.6. The Morgan fingerprint density at radius 1 is 1.18 bits per heavy atom. The first-order valence-electron chi connectivity index (χ1n) is 10.7. The molecule has 0 saturated heterocycles. The zero-order valence-electron chi connectivity index (χ0n) is 18.6. The Hall–Kier alpha value is -3.36. The van der Waals surface area contributed by atoms with Gasteiger partial charge in [-0.25, -0.2) is 0 Å². The van der Waals surface area contributed by atoms with Crippen molar-refractivity contribution in [3.05, 3.63) is 64.5 Å². The predicted octanol–water partition coefficient (Wildman–Crippen LogP) is 5.69. The molecule has 9 heteroatoms. The minimum atomic E-state index is -4.74. The largest absolute Gasteiger partial charge is 0.573 e. The summed E-state index contributed by atoms with van der Waals surface area (Å²) in [6.45, 7) is 6.76. The summed E-state index contributed by atoms with van der Waals surface area (Å²) in [5.41, 5.74) is 3.77. The number of carbonyl (C=O) groups excluding carboxylic acids is 1. The minimum absolute atomic E-state index is 0.118. The molecule has 1 aliphatic heterocycles. The number of amides is 1. The molecule has 4 rings (SSSR count). The highest BCUT2D eigenvalue weighted by atomic mass is 19.4. The molecular weight excluding hydrogens is 435 g/mol. The van der Waals surface area contributed by atoms with E-state index in [9.17, 15) is 18.0 Å². The summed E-state index contributed by atoms with van der Waals surface area (Å²) in [6, 6.07) is 9.28. The lowest BCUT2D eigenvalue weighted by molar-refractivity contribution is -0.274. The summed E-state index contributed by atoms with van der Waals surface area (Å²) in [5, 5.41) is 8.32. The van der Waals surface area contributed by atoms with E-state index in [0.717, 1.165) is 23.1 Å². The number of rotatable bonds is 7. The van der Waals surface area contributed by atoms with E-state index >= 15 is 0 Å². The molecule has 0 spiro atoms. The van der Waals surface area contributed by atoms with Crippen molar-refractivity contribution in [1.29, 1.82) is 0 Å². The van der Waals surface area contributed by atoms with Gasteiger partial charge in [-0.2, -0.15) is 0 Å². The summed E-state index contributed by atoms with van der Waals surface area (Å²) < 4.78 is 46.8. The van der Waals surface area contributed by atoms with Gasteiger partial charge in [0, 0.05) is 30.6 Å². The SMILES string of the molecule is CCC(C)Cc1nnc(-c2cc(C)c3c(c2)CN(Cc2ccc(OC(F)(F)F)cc2)C3=O)o1. The number of hydrogen-bond donors (Lipinski definition) is 0. The van der Waals surface area contributed by atoms with Gasteiger partial charge in [-0.3, -0.25) is 4.79 Å². The van der Waals surface area contributed by atoms with Crippen LogP contribution in [0, 0.1) is 12.8 Å². The van der Waals surface area contributed by atoms with Crippen LogP contribution in [0.4, 0.5) is 13.2 Å². The van der Waals surface area contributed by atoms with Crippen LogP contribution in [-0.4, -0.2) is 27.4 Å². The quantitative estimate of drug-likeness (QED) is 0.454. The normalized spacial score (nSPS) is 14.5. The first kappa shape index (κ1) is 22.8. The molecule has 1 aliphatic rings. The standard InChI is InChI=1S/C24H24F3N3O3/c1-4-14(2)9-20-28-29-22(32-20)17-10-15(3)21-18(11-17)13-30(23(21)31)12-16-5-7-19(8-6-16)33-24(25,26)27/h5-8,10-11,14H,4,9,12-13H2,1-3H3. The van der Waals surface area contributed by atoms with Crippen molar-refractivity contribution in [3.63, 3.8) is 0 Å². The van der Waals surface area contributed by atoms with E-state index in [1.165, 1.54) is 24.3 Å². The number of nitrogens with zero attached hydrogens (tertiary/aromatic N) is 3. The van der Waals surface area contributed by atoms with Gasteiger partial charge >= 0.3 is 6.36 Å². The molecule has 0 N–H and O–H groups in total. The monoisotopic (exact) mass is 459 g/mol. The van der Waals surface area contributed by atoms with Crippen molar-refractivity contribution in [3.8, 4) is 17.2 Å². The number of ether oxygens (including phenoxy) is 1. The topological polar surface area (TPSA) is 68.5 Å². The first-order valence-corrected chi connectivity index (χ1v) is 10.7. The Kier molecular flexibility index (Phi) is 6.14. The summed E-state index contributed by atoms with van der Waals surface area (Å²) in [5.74, 6) is 1.04. The number of halogens is 3. The second kappa shape index (κ2) is 8.88. The van der Waals surface area contributed by atoms with E-state index < -0.39 is 6.36 Å². The maximum Gasteiger partial charge on any atom is 0.573 e. The summed E-state index contributed by atoms with van der Waals surface area (Å²) in [6.07, 6.45) is -3.01. The molecule has 2 heterocycles. The summed E-state index contributed by atoms with van der Waals surface area (Å²) in [7, 11) is 0. The van der Waals surface area contributed by atoms with E-state index in [4.69, 9.17) is 4.42 Å². The lowest BCUT2D eigenvalue weighted by atomic mass is 10.0. The van der Waals surface area contributed by atoms with Gasteiger partial charge in [-0.1, -0.05) is 32.4 Å². The fraction of sp³-hybridized carbons (Fsp3) is 0.375. The van der Waals surface area contributed by atoms with Gasteiger partial charge < -0.3 is 14.1 Å². The van der Waals surface area contributed by atoms with Crippen LogP contribution in [0.1, 0.15) is 53.2 Å². The molecule has 1 aromatic heterocycles. The molecule has 174 valence electrons. The van der Waals surface area contributed by atoms with Gasteiger partial charge in [0.05, 0.1) is 0 Å². The van der Waals surface area contributed by atoms with Crippen LogP contribution in [0.25, 0.3) is 11.5 Å². The maximum absolute atomic E-state index is 13.0. The van der Waals surface area contributed by atoms with Gasteiger partial charge in [0.1, 0.15) is 5.75 Å². The molecule has 0 radical (unpaired) electrons. The number of hydrogen-bond acceptors (Lipinski definition) is 5. The zero-order valence-corrected chi connectivity index (χ0v) is 18.6. The van der Waals surface area contributed by atoms with E-state index in [2.05, 4.69) is 28.8 Å². The van der Waals surface area contributed by atoms with Gasteiger partial charge in [0.2, 0.25) is 11.8 Å². The van der Waals surface area contributed by atoms with Crippen molar-refractivity contribution in [2.24, 2.45) is 5.92 Å². The molecule has 6 nitrogen and oxygen atoms in total. The summed E-state index contributed by atoms with van der Waals surface area (Å²) >= 11 is 0. The smallest absolute Gasteiger partial charge is 0.421 e. The third kappa shape index (κ3) is 5.18. The Labute approximate surface area is 189 Å². The number of benzene rings is 2. The van der Waals surface area contributed by atoms with Gasteiger partial charge in [-0.05, 0) is 53.8 Å². The average Bonchev–Trinajstić information content (AvgIpc) is 3.33. The van der Waals surface area contributed by atoms with Gasteiger partial charge in [-0.15, -0.1) is 23.4 Å². The third-order valence-electron chi connectivity index (χ3n) is 5.74. The van der Waals surface area contributed by atoms with E-state index in [0.29, 0.717) is 41.8 Å². The van der Waals surface area contributed by atoms with Crippen LogP contribution in [-0.2, 0) is 19.5 Å². The zero-order chi connectivity index (χ0) is 23.8. The fourth-order valence-electron chi connectivity index (χ4n) is 3.89. The minimum Gasteiger partial charge on any atom is -0.421 e. The lowest BCUT2D eigenvalue weighted by Gasteiger charge is -2.16. The van der Waals surface area contributed by atoms with Crippen molar-refractivity contribution in [2.75, 3.05) is 0 Å². The molecule has 1 amide bonds. The van der Waals surface area contributed by atoms with Gasteiger partial charge in [0.15, 0.2) is 0 Å². The molecule has 33 heavy (non-hydrogen) atoms. The average molecular weight is 459 g/mol. The highest BCUT2D eigenvalue weighted by molar-refractivity contribution is 6.00. The van der Waals surface area contributed by atoms with Gasteiger partial charge in [0.25, 0.3) is 5.91 Å². The lowest BCUT2D eigenvalue weighted by Crippen LogP contribution is -2.23. The van der Waals surface area contributed by atoms with Crippen LogP contribution in [0.3, 0.4) is 0 Å². The molecule has 1 atom stereocenters. The fourth-order valence-corrected chi connectivity index (χ4v) is 3.89. The number of carbonyl (C=O) groups is 1. The van der Waals surface area contributed by atoms with E-state index in [1.54, 1.807) is 4.90 Å². The highest BCUT2D eigenvalue weighted by Gasteiger charge is 2.32. The predicted molar refractivity (Wildman–Crippen MR) is 114 cm³/mol. The molecule has 2 aromatic carbocycles. The first-order chi connectivity index (χ1) is 15.6. The van der Waals surface area contributed by atoms with Crippen molar-refractivity contribution in [2.45, 2.75) is 53.1 Å². The molecule has 0 saturated carbocycles. The van der Waals surface area contributed by atoms with Crippen molar-refractivity contribution >= 4 is 5.91 Å². The van der Waals surface area contributed by atoms with Crippen LogP contribution in [0.5, 0.6) is 5.75 Å². The number of aryl methyl sites for hydroxylation is 1.